The topological polar surface area (TPSA) is 32.6 Å². The maximum Gasteiger partial charge on any atom is 0.0638 e. The van der Waals surface area contributed by atoms with Crippen molar-refractivity contribution in [3.05, 3.63) is 0 Å². The summed E-state index contributed by atoms with van der Waals surface area (Å²) in [4.78, 5) is 0. The quantitative estimate of drug-likeness (QED) is 0.430. The van der Waals surface area contributed by atoms with E-state index in [4.69, 9.17) is 5.21 Å². The van der Waals surface area contributed by atoms with E-state index in [0.29, 0.717) is 11.3 Å². The second-order valence-electron chi connectivity index (χ2n) is 4.87. The summed E-state index contributed by atoms with van der Waals surface area (Å²) in [6.07, 6.45) is 3.46. The van der Waals surface area contributed by atoms with Crippen LogP contribution in [-0.2, 0) is 0 Å². The summed E-state index contributed by atoms with van der Waals surface area (Å²) in [6.45, 7) is 4.56. The summed E-state index contributed by atoms with van der Waals surface area (Å²) >= 11 is 3.61. The summed E-state index contributed by atoms with van der Waals surface area (Å²) < 4.78 is 0. The third-order valence-corrected chi connectivity index (χ3v) is 5.79. The van der Waals surface area contributed by atoms with Crippen molar-refractivity contribution in [2.45, 2.75) is 33.1 Å². The highest BCUT2D eigenvalue weighted by Gasteiger charge is 2.62. The molecule has 2 rings (SSSR count). The van der Waals surface area contributed by atoms with Crippen molar-refractivity contribution in [3.63, 3.8) is 0 Å². The molecule has 2 saturated carbocycles. The zero-order chi connectivity index (χ0) is 9.69. The number of hydrogen-bond donors (Lipinski definition) is 1. The highest BCUT2D eigenvalue weighted by atomic mass is 79.9. The first-order chi connectivity index (χ1) is 6.08. The molecular weight excluding hydrogens is 230 g/mol. The summed E-state index contributed by atoms with van der Waals surface area (Å²) in [5.41, 5.74) is 1.45. The maximum atomic E-state index is 8.95. The Morgan fingerprint density at radius 3 is 2.69 bits per heavy atom. The largest absolute Gasteiger partial charge is 0.411 e. The third-order valence-electron chi connectivity index (χ3n) is 4.63. The molecule has 74 valence electrons. The predicted molar refractivity (Wildman–Crippen MR) is 56.6 cm³/mol. The number of nitrogens with zero attached hydrogens (tertiary/aromatic N) is 1. The lowest BCUT2D eigenvalue weighted by Crippen LogP contribution is -2.36. The fourth-order valence-electron chi connectivity index (χ4n) is 3.19. The molecule has 13 heavy (non-hydrogen) atoms. The minimum atomic E-state index is 0.135. The van der Waals surface area contributed by atoms with Crippen molar-refractivity contribution >= 4 is 21.6 Å². The molecule has 2 aliphatic rings. The number of alkyl halides is 1. The minimum absolute atomic E-state index is 0.135. The molecule has 0 radical (unpaired) electrons. The molecule has 0 saturated heterocycles. The average Bonchev–Trinajstić information content (AvgIpc) is 2.51. The Morgan fingerprint density at radius 1 is 1.62 bits per heavy atom. The Hall–Kier alpha value is -0.0500. The van der Waals surface area contributed by atoms with Crippen LogP contribution in [0.2, 0.25) is 0 Å². The van der Waals surface area contributed by atoms with Crippen LogP contribution in [0.3, 0.4) is 0 Å². The van der Waals surface area contributed by atoms with Gasteiger partial charge in [-0.05, 0) is 30.6 Å². The van der Waals surface area contributed by atoms with Gasteiger partial charge in [0.2, 0.25) is 0 Å². The zero-order valence-electron chi connectivity index (χ0n) is 8.18. The molecular formula is C10H16BrNO. The van der Waals surface area contributed by atoms with Crippen molar-refractivity contribution in [3.8, 4) is 0 Å². The smallest absolute Gasteiger partial charge is 0.0638 e. The zero-order valence-corrected chi connectivity index (χ0v) is 9.76. The Balaban J connectivity index is 2.45. The fourth-order valence-corrected chi connectivity index (χ4v) is 4.26. The Morgan fingerprint density at radius 2 is 2.31 bits per heavy atom. The van der Waals surface area contributed by atoms with Crippen molar-refractivity contribution in [2.24, 2.45) is 21.9 Å². The van der Waals surface area contributed by atoms with Crippen LogP contribution >= 0.6 is 15.9 Å². The van der Waals surface area contributed by atoms with E-state index < -0.39 is 0 Å². The van der Waals surface area contributed by atoms with Crippen LogP contribution in [0.25, 0.3) is 0 Å². The van der Waals surface area contributed by atoms with Crippen LogP contribution in [0.1, 0.15) is 33.1 Å². The lowest BCUT2D eigenvalue weighted by atomic mass is 9.70. The molecule has 0 unspecified atom stereocenters. The standard InChI is InChI=1S/C10H16BrNO/c1-9-4-3-7(5-8(9)12-13)10(9,2)6-11/h7,13H,3-6H2,1-2H3/b12-8+/t7-,9+,10-/m1/s1. The van der Waals surface area contributed by atoms with Crippen LogP contribution < -0.4 is 0 Å². The van der Waals surface area contributed by atoms with Gasteiger partial charge in [0.05, 0.1) is 5.71 Å². The van der Waals surface area contributed by atoms with Crippen LogP contribution in [0.15, 0.2) is 5.16 Å². The van der Waals surface area contributed by atoms with Gasteiger partial charge in [0.15, 0.2) is 0 Å². The van der Waals surface area contributed by atoms with E-state index in [0.717, 1.165) is 17.5 Å². The van der Waals surface area contributed by atoms with Gasteiger partial charge >= 0.3 is 0 Å². The van der Waals surface area contributed by atoms with Crippen LogP contribution in [0.5, 0.6) is 0 Å². The monoisotopic (exact) mass is 245 g/mol. The molecule has 1 N–H and O–H groups in total. The lowest BCUT2D eigenvalue weighted by molar-refractivity contribution is 0.199. The van der Waals surface area contributed by atoms with Crippen molar-refractivity contribution in [1.82, 2.24) is 0 Å². The van der Waals surface area contributed by atoms with E-state index in [9.17, 15) is 0 Å². The van der Waals surface area contributed by atoms with E-state index in [1.807, 2.05) is 0 Å². The van der Waals surface area contributed by atoms with E-state index in [2.05, 4.69) is 34.9 Å². The number of oxime groups is 1. The molecule has 0 aromatic heterocycles. The molecule has 0 aliphatic heterocycles. The van der Waals surface area contributed by atoms with E-state index >= 15 is 0 Å². The summed E-state index contributed by atoms with van der Waals surface area (Å²) in [7, 11) is 0. The predicted octanol–water partition coefficient (Wildman–Crippen LogP) is 3.04. The van der Waals surface area contributed by atoms with Crippen molar-refractivity contribution in [1.29, 1.82) is 0 Å². The van der Waals surface area contributed by atoms with Gasteiger partial charge < -0.3 is 5.21 Å². The lowest BCUT2D eigenvalue weighted by Gasteiger charge is -2.36. The van der Waals surface area contributed by atoms with Gasteiger partial charge in [-0.25, -0.2) is 0 Å². The first-order valence-electron chi connectivity index (χ1n) is 4.86. The molecule has 3 heteroatoms. The molecule has 0 amide bonds. The molecule has 2 nitrogen and oxygen atoms in total. The molecule has 2 bridgehead atoms. The molecule has 0 heterocycles. The average molecular weight is 246 g/mol. The molecule has 0 aromatic carbocycles. The maximum absolute atomic E-state index is 8.95. The summed E-state index contributed by atoms with van der Waals surface area (Å²) in [6, 6.07) is 0. The Bertz CT molecular complexity index is 266. The number of rotatable bonds is 1. The first-order valence-corrected chi connectivity index (χ1v) is 5.98. The molecule has 2 fully saturated rings. The highest BCUT2D eigenvalue weighted by molar-refractivity contribution is 9.09. The second-order valence-corrected chi connectivity index (χ2v) is 5.43. The van der Waals surface area contributed by atoms with Gasteiger partial charge in [-0.3, -0.25) is 0 Å². The summed E-state index contributed by atoms with van der Waals surface area (Å²) in [5, 5.41) is 13.4. The van der Waals surface area contributed by atoms with E-state index in [1.165, 1.54) is 12.8 Å². The van der Waals surface area contributed by atoms with Crippen molar-refractivity contribution < 1.29 is 5.21 Å². The van der Waals surface area contributed by atoms with Crippen LogP contribution in [0.4, 0.5) is 0 Å². The Labute approximate surface area is 87.5 Å². The number of fused-ring (bicyclic) bond motifs is 2. The SMILES string of the molecule is C[C@]12CC[C@H](C/C1=N\O)[C@@]2(C)CBr. The van der Waals surface area contributed by atoms with E-state index in [-0.39, 0.29) is 5.41 Å². The number of halogens is 1. The van der Waals surface area contributed by atoms with Gasteiger partial charge in [0.25, 0.3) is 0 Å². The molecule has 2 aliphatic carbocycles. The molecule has 0 aromatic rings. The van der Waals surface area contributed by atoms with Gasteiger partial charge in [-0.1, -0.05) is 34.9 Å². The van der Waals surface area contributed by atoms with Crippen LogP contribution in [0, 0.1) is 16.7 Å². The molecule has 0 spiro atoms. The number of hydrogen-bond acceptors (Lipinski definition) is 2. The normalized spacial score (nSPS) is 51.9. The summed E-state index contributed by atoms with van der Waals surface area (Å²) in [5.74, 6) is 0.711. The highest BCUT2D eigenvalue weighted by Crippen LogP contribution is 2.64. The van der Waals surface area contributed by atoms with Gasteiger partial charge in [-0.15, -0.1) is 0 Å². The minimum Gasteiger partial charge on any atom is -0.411 e. The van der Waals surface area contributed by atoms with Gasteiger partial charge in [-0.2, -0.15) is 0 Å². The second kappa shape index (κ2) is 2.72. The van der Waals surface area contributed by atoms with Gasteiger partial charge in [0.1, 0.15) is 0 Å². The molecule has 3 atom stereocenters. The van der Waals surface area contributed by atoms with Gasteiger partial charge in [0, 0.05) is 10.7 Å². The van der Waals surface area contributed by atoms with Crippen molar-refractivity contribution in [2.75, 3.05) is 5.33 Å². The fraction of sp³-hybridized carbons (Fsp3) is 0.900. The Kier molecular flexibility index (Phi) is 1.99. The van der Waals surface area contributed by atoms with Crippen LogP contribution in [-0.4, -0.2) is 16.2 Å². The third kappa shape index (κ3) is 0.915. The van der Waals surface area contributed by atoms with E-state index in [1.54, 1.807) is 0 Å². The first kappa shape index (κ1) is 9.50.